The highest BCUT2D eigenvalue weighted by molar-refractivity contribution is 5.75. The first-order valence-electron chi connectivity index (χ1n) is 5.56. The van der Waals surface area contributed by atoms with E-state index in [9.17, 15) is 4.79 Å². The Kier molecular flexibility index (Phi) is 5.58. The van der Waals surface area contributed by atoms with Crippen LogP contribution in [0.3, 0.4) is 0 Å². The number of nitrogens with zero attached hydrogens (tertiary/aromatic N) is 1. The molecular formula is C11H24N2O. The first-order valence-corrected chi connectivity index (χ1v) is 5.56. The van der Waals surface area contributed by atoms with Crippen molar-refractivity contribution in [3.63, 3.8) is 0 Å². The van der Waals surface area contributed by atoms with Crippen LogP contribution in [0.25, 0.3) is 0 Å². The summed E-state index contributed by atoms with van der Waals surface area (Å²) < 4.78 is 0. The van der Waals surface area contributed by atoms with Gasteiger partial charge in [-0.1, -0.05) is 13.8 Å². The zero-order valence-electron chi connectivity index (χ0n) is 10.2. The number of hydrogen-bond acceptors (Lipinski definition) is 1. The number of urea groups is 1. The Labute approximate surface area is 87.9 Å². The maximum Gasteiger partial charge on any atom is 0.317 e. The van der Waals surface area contributed by atoms with E-state index in [0.717, 1.165) is 25.9 Å². The number of hydrogen-bond donors (Lipinski definition) is 1. The van der Waals surface area contributed by atoms with Gasteiger partial charge in [-0.3, -0.25) is 0 Å². The molecule has 0 unspecified atom stereocenters. The Balaban J connectivity index is 0.000000791. The summed E-state index contributed by atoms with van der Waals surface area (Å²) in [6.45, 7) is 11.8. The highest BCUT2D eigenvalue weighted by atomic mass is 16.2. The summed E-state index contributed by atoms with van der Waals surface area (Å²) in [5, 5.41) is 2.95. The third-order valence-corrected chi connectivity index (χ3v) is 1.88. The van der Waals surface area contributed by atoms with Gasteiger partial charge in [0.2, 0.25) is 0 Å². The summed E-state index contributed by atoms with van der Waals surface area (Å²) in [7, 11) is 0. The maximum absolute atomic E-state index is 11.5. The maximum atomic E-state index is 11.5. The molecule has 1 saturated heterocycles. The summed E-state index contributed by atoms with van der Waals surface area (Å²) in [4.78, 5) is 13.4. The molecule has 84 valence electrons. The second-order valence-corrected chi connectivity index (χ2v) is 4.37. The third-order valence-electron chi connectivity index (χ3n) is 1.88. The molecule has 2 amide bonds. The van der Waals surface area contributed by atoms with Crippen LogP contribution in [0.1, 0.15) is 47.5 Å². The van der Waals surface area contributed by atoms with Crippen LogP contribution in [0, 0.1) is 0 Å². The largest absolute Gasteiger partial charge is 0.333 e. The van der Waals surface area contributed by atoms with Crippen LogP contribution < -0.4 is 5.32 Å². The number of rotatable bonds is 0. The molecule has 1 heterocycles. The van der Waals surface area contributed by atoms with Gasteiger partial charge < -0.3 is 10.2 Å². The van der Waals surface area contributed by atoms with E-state index in [-0.39, 0.29) is 11.6 Å². The van der Waals surface area contributed by atoms with Gasteiger partial charge in [0.25, 0.3) is 0 Å². The molecule has 0 radical (unpaired) electrons. The van der Waals surface area contributed by atoms with Crippen molar-refractivity contribution in [1.29, 1.82) is 0 Å². The van der Waals surface area contributed by atoms with Gasteiger partial charge in [0.15, 0.2) is 0 Å². The van der Waals surface area contributed by atoms with E-state index in [1.165, 1.54) is 0 Å². The zero-order valence-corrected chi connectivity index (χ0v) is 10.2. The standard InChI is InChI=1S/C9H18N2O.C2H6/c1-9(2,3)10-8(12)11-6-4-5-7-11;1-2/h4-7H2,1-3H3,(H,10,12);1-2H3. The van der Waals surface area contributed by atoms with Gasteiger partial charge in [-0.2, -0.15) is 0 Å². The quantitative estimate of drug-likeness (QED) is 0.640. The Morgan fingerprint density at radius 2 is 1.57 bits per heavy atom. The molecule has 0 aromatic heterocycles. The summed E-state index contributed by atoms with van der Waals surface area (Å²) in [6.07, 6.45) is 2.30. The molecule has 0 aliphatic carbocycles. The van der Waals surface area contributed by atoms with Gasteiger partial charge >= 0.3 is 6.03 Å². The Morgan fingerprint density at radius 1 is 1.14 bits per heavy atom. The summed E-state index contributed by atoms with van der Waals surface area (Å²) >= 11 is 0. The minimum atomic E-state index is -0.111. The van der Waals surface area contributed by atoms with Crippen LogP contribution in [0.15, 0.2) is 0 Å². The van der Waals surface area contributed by atoms with Crippen molar-refractivity contribution in [3.05, 3.63) is 0 Å². The normalized spacial score (nSPS) is 15.9. The van der Waals surface area contributed by atoms with Crippen molar-refractivity contribution < 1.29 is 4.79 Å². The number of carbonyl (C=O) groups is 1. The van der Waals surface area contributed by atoms with Crippen molar-refractivity contribution in [2.45, 2.75) is 53.0 Å². The topological polar surface area (TPSA) is 32.3 Å². The molecule has 0 atom stereocenters. The van der Waals surface area contributed by atoms with Crippen molar-refractivity contribution >= 4 is 6.03 Å². The number of nitrogens with one attached hydrogen (secondary N) is 1. The number of carbonyl (C=O) groups excluding carboxylic acids is 1. The van der Waals surface area contributed by atoms with Gasteiger partial charge in [-0.15, -0.1) is 0 Å². The minimum Gasteiger partial charge on any atom is -0.333 e. The predicted octanol–water partition coefficient (Wildman–Crippen LogP) is 2.62. The Morgan fingerprint density at radius 3 is 1.93 bits per heavy atom. The fourth-order valence-electron chi connectivity index (χ4n) is 1.32. The van der Waals surface area contributed by atoms with Crippen molar-refractivity contribution in [1.82, 2.24) is 10.2 Å². The lowest BCUT2D eigenvalue weighted by Crippen LogP contribution is -2.47. The molecular weight excluding hydrogens is 176 g/mol. The fraction of sp³-hybridized carbons (Fsp3) is 0.909. The van der Waals surface area contributed by atoms with Crippen LogP contribution in [0.4, 0.5) is 4.79 Å². The van der Waals surface area contributed by atoms with Crippen molar-refractivity contribution in [2.24, 2.45) is 0 Å². The summed E-state index contributed by atoms with van der Waals surface area (Å²) in [6, 6.07) is 0.0833. The van der Waals surface area contributed by atoms with E-state index in [1.54, 1.807) is 0 Å². The first kappa shape index (κ1) is 13.3. The predicted molar refractivity (Wildman–Crippen MR) is 60.4 cm³/mol. The smallest absolute Gasteiger partial charge is 0.317 e. The van der Waals surface area contributed by atoms with Crippen molar-refractivity contribution in [3.8, 4) is 0 Å². The van der Waals surface area contributed by atoms with Crippen LogP contribution in [0.5, 0.6) is 0 Å². The Hall–Kier alpha value is -0.730. The highest BCUT2D eigenvalue weighted by Crippen LogP contribution is 2.09. The molecule has 14 heavy (non-hydrogen) atoms. The number of amides is 2. The molecule has 0 saturated carbocycles. The lowest BCUT2D eigenvalue weighted by molar-refractivity contribution is 0.199. The second-order valence-electron chi connectivity index (χ2n) is 4.37. The van der Waals surface area contributed by atoms with E-state index in [4.69, 9.17) is 0 Å². The van der Waals surface area contributed by atoms with E-state index >= 15 is 0 Å². The van der Waals surface area contributed by atoms with Gasteiger partial charge in [-0.25, -0.2) is 4.79 Å². The first-order chi connectivity index (χ1) is 6.49. The molecule has 0 aromatic carbocycles. The second kappa shape index (κ2) is 5.89. The molecule has 1 aliphatic heterocycles. The molecule has 1 rings (SSSR count). The third kappa shape index (κ3) is 5.10. The number of likely N-dealkylation sites (tertiary alicyclic amines) is 1. The summed E-state index contributed by atoms with van der Waals surface area (Å²) in [5.41, 5.74) is -0.111. The lowest BCUT2D eigenvalue weighted by atomic mass is 10.1. The SMILES string of the molecule is CC.CC(C)(C)NC(=O)N1CCCC1. The van der Waals surface area contributed by atoms with Gasteiger partial charge in [0.1, 0.15) is 0 Å². The fourth-order valence-corrected chi connectivity index (χ4v) is 1.32. The average Bonchev–Trinajstić information content (AvgIpc) is 2.56. The van der Waals surface area contributed by atoms with Crippen LogP contribution in [0.2, 0.25) is 0 Å². The van der Waals surface area contributed by atoms with E-state index in [2.05, 4.69) is 5.32 Å². The van der Waals surface area contributed by atoms with E-state index in [1.807, 2.05) is 39.5 Å². The van der Waals surface area contributed by atoms with Gasteiger partial charge in [0.05, 0.1) is 0 Å². The molecule has 0 bridgehead atoms. The van der Waals surface area contributed by atoms with Crippen LogP contribution in [-0.4, -0.2) is 29.6 Å². The minimum absolute atomic E-state index is 0.0833. The van der Waals surface area contributed by atoms with Crippen LogP contribution in [-0.2, 0) is 0 Å². The monoisotopic (exact) mass is 200 g/mol. The van der Waals surface area contributed by atoms with Crippen LogP contribution >= 0.6 is 0 Å². The van der Waals surface area contributed by atoms with Gasteiger partial charge in [0, 0.05) is 18.6 Å². The molecule has 1 N–H and O–H groups in total. The molecule has 0 aromatic rings. The highest BCUT2D eigenvalue weighted by Gasteiger charge is 2.21. The Bertz CT molecular complexity index is 167. The van der Waals surface area contributed by atoms with E-state index < -0.39 is 0 Å². The molecule has 0 spiro atoms. The molecule has 3 nitrogen and oxygen atoms in total. The average molecular weight is 200 g/mol. The summed E-state index contributed by atoms with van der Waals surface area (Å²) in [5.74, 6) is 0. The van der Waals surface area contributed by atoms with Gasteiger partial charge in [-0.05, 0) is 33.6 Å². The molecule has 1 fully saturated rings. The zero-order chi connectivity index (χ0) is 11.2. The molecule has 1 aliphatic rings. The van der Waals surface area contributed by atoms with Crippen molar-refractivity contribution in [2.75, 3.05) is 13.1 Å². The van der Waals surface area contributed by atoms with E-state index in [0.29, 0.717) is 0 Å². The lowest BCUT2D eigenvalue weighted by Gasteiger charge is -2.25. The molecule has 3 heteroatoms.